The number of benzene rings is 2. The number of amides is 1. The summed E-state index contributed by atoms with van der Waals surface area (Å²) >= 11 is 0. The molecule has 1 heterocycles. The van der Waals surface area contributed by atoms with E-state index in [1.807, 2.05) is 18.2 Å². The van der Waals surface area contributed by atoms with E-state index < -0.39 is 26.9 Å². The molecule has 164 valence electrons. The lowest BCUT2D eigenvalue weighted by molar-refractivity contribution is -0.384. The monoisotopic (exact) mass is 446 g/mol. The Labute approximate surface area is 179 Å². The fourth-order valence-electron chi connectivity index (χ4n) is 4.75. The minimum absolute atomic E-state index is 0.0495. The quantitative estimate of drug-likeness (QED) is 0.533. The van der Waals surface area contributed by atoms with Crippen LogP contribution >= 0.6 is 0 Å². The number of ether oxygens (including phenoxy) is 1. The number of nitrogens with zero attached hydrogens (tertiary/aromatic N) is 2. The van der Waals surface area contributed by atoms with Gasteiger partial charge in [0, 0.05) is 31.1 Å². The fraction of sp³-hybridized carbons (Fsp3) is 0.381. The molecular formula is C21H22N2O7S. The summed E-state index contributed by atoms with van der Waals surface area (Å²) < 4.78 is 33.1. The third-order valence-corrected chi connectivity index (χ3v) is 8.00. The van der Waals surface area contributed by atoms with Crippen molar-refractivity contribution >= 4 is 21.6 Å². The Morgan fingerprint density at radius 1 is 1.19 bits per heavy atom. The Hall–Kier alpha value is -2.98. The summed E-state index contributed by atoms with van der Waals surface area (Å²) in [6.07, 6.45) is 0.799. The van der Waals surface area contributed by atoms with Crippen LogP contribution in [-0.2, 0) is 14.8 Å². The van der Waals surface area contributed by atoms with Crippen LogP contribution in [0.4, 0.5) is 5.69 Å². The van der Waals surface area contributed by atoms with Crippen LogP contribution in [0.3, 0.4) is 0 Å². The number of sulfonamides is 1. The van der Waals surface area contributed by atoms with Gasteiger partial charge in [-0.1, -0.05) is 6.07 Å². The van der Waals surface area contributed by atoms with Crippen molar-refractivity contribution in [3.8, 4) is 5.75 Å². The normalized spacial score (nSPS) is 22.7. The summed E-state index contributed by atoms with van der Waals surface area (Å²) in [7, 11) is -2.68. The number of hydrogen-bond donors (Lipinski definition) is 1. The molecule has 2 aromatic rings. The van der Waals surface area contributed by atoms with E-state index >= 15 is 0 Å². The van der Waals surface area contributed by atoms with Crippen LogP contribution in [0.15, 0.2) is 47.4 Å². The fourth-order valence-corrected chi connectivity index (χ4v) is 6.39. The number of rotatable bonds is 6. The Balaban J connectivity index is 1.79. The first-order valence-electron chi connectivity index (χ1n) is 9.88. The lowest BCUT2D eigenvalue weighted by Gasteiger charge is -2.47. The molecule has 1 saturated heterocycles. The Kier molecular flexibility index (Phi) is 5.44. The third kappa shape index (κ3) is 3.55. The summed E-state index contributed by atoms with van der Waals surface area (Å²) in [6, 6.07) is 9.43. The average Bonchev–Trinajstić information content (AvgIpc) is 2.75. The Morgan fingerprint density at radius 3 is 2.52 bits per heavy atom. The topological polar surface area (TPSA) is 127 Å². The maximum absolute atomic E-state index is 13.4. The van der Waals surface area contributed by atoms with E-state index in [1.54, 1.807) is 7.11 Å². The smallest absolute Gasteiger partial charge is 0.269 e. The minimum atomic E-state index is -4.23. The van der Waals surface area contributed by atoms with E-state index in [4.69, 9.17) is 4.74 Å². The second-order valence-corrected chi connectivity index (χ2v) is 9.58. The molecule has 3 atom stereocenters. The number of carbonyl (C=O) groups excluding carboxylic acids is 1. The molecule has 1 aliphatic carbocycles. The lowest BCUT2D eigenvalue weighted by atomic mass is 9.69. The van der Waals surface area contributed by atoms with Crippen molar-refractivity contribution in [2.75, 3.05) is 13.7 Å². The van der Waals surface area contributed by atoms with Gasteiger partial charge in [-0.3, -0.25) is 14.9 Å². The highest BCUT2D eigenvalue weighted by molar-refractivity contribution is 7.89. The van der Waals surface area contributed by atoms with Gasteiger partial charge >= 0.3 is 0 Å². The first kappa shape index (κ1) is 21.3. The molecule has 0 unspecified atom stereocenters. The maximum Gasteiger partial charge on any atom is 0.269 e. The molecule has 1 amide bonds. The van der Waals surface area contributed by atoms with Crippen LogP contribution in [0.5, 0.6) is 5.75 Å². The zero-order valence-corrected chi connectivity index (χ0v) is 17.6. The van der Waals surface area contributed by atoms with E-state index in [9.17, 15) is 28.4 Å². The van der Waals surface area contributed by atoms with Crippen LogP contribution in [0.1, 0.15) is 42.2 Å². The van der Waals surface area contributed by atoms with Gasteiger partial charge in [-0.15, -0.1) is 0 Å². The summed E-state index contributed by atoms with van der Waals surface area (Å²) in [5.74, 6) is -0.387. The highest BCUT2D eigenvalue weighted by Gasteiger charge is 2.49. The highest BCUT2D eigenvalue weighted by Crippen LogP contribution is 2.49. The van der Waals surface area contributed by atoms with Crippen molar-refractivity contribution in [3.63, 3.8) is 0 Å². The van der Waals surface area contributed by atoms with Crippen LogP contribution in [-0.4, -0.2) is 48.4 Å². The first-order valence-corrected chi connectivity index (χ1v) is 11.3. The van der Waals surface area contributed by atoms with Crippen molar-refractivity contribution in [1.82, 2.24) is 4.31 Å². The Bertz CT molecular complexity index is 1130. The van der Waals surface area contributed by atoms with Crippen molar-refractivity contribution in [1.29, 1.82) is 0 Å². The summed E-state index contributed by atoms with van der Waals surface area (Å²) in [6.45, 7) is -0.165. The van der Waals surface area contributed by atoms with Gasteiger partial charge in [0.25, 0.3) is 15.7 Å². The average molecular weight is 446 g/mol. The number of methoxy groups -OCH3 is 1. The predicted octanol–water partition coefficient (Wildman–Crippen LogP) is 2.55. The zero-order valence-electron chi connectivity index (χ0n) is 16.8. The number of non-ortho nitro benzene ring substituents is 1. The van der Waals surface area contributed by atoms with E-state index in [1.165, 1.54) is 0 Å². The van der Waals surface area contributed by atoms with Crippen LogP contribution in [0, 0.1) is 10.1 Å². The number of piperidine rings is 1. The first-order chi connectivity index (χ1) is 14.8. The van der Waals surface area contributed by atoms with E-state index in [0.29, 0.717) is 12.2 Å². The molecule has 9 nitrogen and oxygen atoms in total. The number of aliphatic hydroxyl groups excluding tert-OH is 1. The standard InChI is InChI=1S/C21H22N2O7S/c1-30-15-4-7-17-13-10-20(18(8-9-24)19(17)12-15)22(21(25)11-13)31(28,29)16-5-2-14(3-6-16)23(26)27/h2-7,12-13,18,20,24H,8-11H2,1H3/t13-,18+,20-/m1/s1. The second-order valence-electron chi connectivity index (χ2n) is 7.76. The van der Waals surface area contributed by atoms with Gasteiger partial charge in [0.1, 0.15) is 5.75 Å². The van der Waals surface area contributed by atoms with E-state index in [-0.39, 0.29) is 41.9 Å². The molecule has 1 fully saturated rings. The molecule has 10 heteroatoms. The number of nitro groups is 1. The van der Waals surface area contributed by atoms with Crippen molar-refractivity contribution in [2.24, 2.45) is 0 Å². The number of hydrogen-bond acceptors (Lipinski definition) is 7. The molecule has 2 aromatic carbocycles. The summed E-state index contributed by atoms with van der Waals surface area (Å²) in [5, 5.41) is 20.6. The summed E-state index contributed by atoms with van der Waals surface area (Å²) in [5.41, 5.74) is 1.63. The van der Waals surface area contributed by atoms with Gasteiger partial charge in [-0.2, -0.15) is 0 Å². The van der Waals surface area contributed by atoms with E-state index in [2.05, 4.69) is 0 Å². The number of aliphatic hydroxyl groups is 1. The Morgan fingerprint density at radius 2 is 1.90 bits per heavy atom. The molecule has 4 rings (SSSR count). The summed E-state index contributed by atoms with van der Waals surface area (Å²) in [4.78, 5) is 23.1. The number of carbonyl (C=O) groups is 1. The molecular weight excluding hydrogens is 424 g/mol. The predicted molar refractivity (Wildman–Crippen MR) is 110 cm³/mol. The molecule has 1 aliphatic heterocycles. The lowest BCUT2D eigenvalue weighted by Crippen LogP contribution is -2.53. The largest absolute Gasteiger partial charge is 0.497 e. The highest BCUT2D eigenvalue weighted by atomic mass is 32.2. The van der Waals surface area contributed by atoms with Gasteiger partial charge < -0.3 is 9.84 Å². The van der Waals surface area contributed by atoms with Gasteiger partial charge in [0.2, 0.25) is 5.91 Å². The zero-order chi connectivity index (χ0) is 22.3. The molecule has 2 aliphatic rings. The van der Waals surface area contributed by atoms with Crippen LogP contribution in [0.2, 0.25) is 0 Å². The molecule has 1 N–H and O–H groups in total. The number of nitro benzene ring substituents is 1. The maximum atomic E-state index is 13.4. The molecule has 0 radical (unpaired) electrons. The minimum Gasteiger partial charge on any atom is -0.497 e. The van der Waals surface area contributed by atoms with Gasteiger partial charge in [-0.25, -0.2) is 12.7 Å². The molecule has 0 aromatic heterocycles. The SMILES string of the molecule is COc1ccc2c(c1)[C@H](CCO)[C@H]1C[C@@H]2CC(=O)N1S(=O)(=O)c1ccc([N+](=O)[O-])cc1. The second kappa shape index (κ2) is 7.93. The van der Waals surface area contributed by atoms with Gasteiger partial charge in [0.05, 0.1) is 23.0 Å². The molecule has 0 saturated carbocycles. The van der Waals surface area contributed by atoms with Crippen molar-refractivity contribution < 1.29 is 28.0 Å². The third-order valence-electron chi connectivity index (χ3n) is 6.14. The van der Waals surface area contributed by atoms with Crippen LogP contribution < -0.4 is 4.74 Å². The van der Waals surface area contributed by atoms with E-state index in [0.717, 1.165) is 39.7 Å². The van der Waals surface area contributed by atoms with Crippen molar-refractivity contribution in [2.45, 2.75) is 42.0 Å². The molecule has 31 heavy (non-hydrogen) atoms. The van der Waals surface area contributed by atoms with Gasteiger partial charge in [-0.05, 0) is 54.2 Å². The van der Waals surface area contributed by atoms with Crippen molar-refractivity contribution in [3.05, 3.63) is 63.7 Å². The van der Waals surface area contributed by atoms with Crippen LogP contribution in [0.25, 0.3) is 0 Å². The molecule has 0 spiro atoms. The van der Waals surface area contributed by atoms with Gasteiger partial charge in [0.15, 0.2) is 0 Å². The molecule has 2 bridgehead atoms. The number of fused-ring (bicyclic) bond motifs is 4.